The van der Waals surface area contributed by atoms with Crippen LogP contribution in [0.1, 0.15) is 24.1 Å². The third-order valence-electron chi connectivity index (χ3n) is 2.92. The van der Waals surface area contributed by atoms with Crippen molar-refractivity contribution in [2.75, 3.05) is 6.61 Å². The highest BCUT2D eigenvalue weighted by molar-refractivity contribution is 9.10. The van der Waals surface area contributed by atoms with E-state index < -0.39 is 6.04 Å². The highest BCUT2D eigenvalue weighted by atomic mass is 79.9. The van der Waals surface area contributed by atoms with Crippen molar-refractivity contribution in [3.05, 3.63) is 62.3 Å². The van der Waals surface area contributed by atoms with Crippen molar-refractivity contribution in [1.29, 1.82) is 0 Å². The molecule has 1 atom stereocenters. The zero-order chi connectivity index (χ0) is 14.7. The van der Waals surface area contributed by atoms with Crippen molar-refractivity contribution >= 4 is 31.9 Å². The van der Waals surface area contributed by atoms with Gasteiger partial charge in [-0.15, -0.1) is 0 Å². The second-order valence-electron chi connectivity index (χ2n) is 4.23. The van der Waals surface area contributed by atoms with Crippen LogP contribution in [0.25, 0.3) is 0 Å². The van der Waals surface area contributed by atoms with Gasteiger partial charge in [-0.1, -0.05) is 37.9 Å². The van der Waals surface area contributed by atoms with Gasteiger partial charge in [0, 0.05) is 20.1 Å². The normalized spacial score (nSPS) is 12.2. The molecule has 2 aromatic carbocycles. The summed E-state index contributed by atoms with van der Waals surface area (Å²) in [5, 5.41) is 0. The molecule has 2 N–H and O–H groups in total. The van der Waals surface area contributed by atoms with E-state index in [4.69, 9.17) is 10.5 Å². The fraction of sp³-hybridized carbons (Fsp3) is 0.200. The van der Waals surface area contributed by atoms with Gasteiger partial charge in [0.2, 0.25) is 0 Å². The molecule has 0 bridgehead atoms. The highest BCUT2D eigenvalue weighted by Crippen LogP contribution is 2.35. The summed E-state index contributed by atoms with van der Waals surface area (Å²) in [4.78, 5) is 0. The molecule has 1 unspecified atom stereocenters. The van der Waals surface area contributed by atoms with E-state index in [2.05, 4.69) is 31.9 Å². The number of benzene rings is 2. The minimum Gasteiger partial charge on any atom is -0.494 e. The summed E-state index contributed by atoms with van der Waals surface area (Å²) in [6.07, 6.45) is 0. The first-order chi connectivity index (χ1) is 9.54. The molecule has 0 aliphatic rings. The van der Waals surface area contributed by atoms with Crippen LogP contribution in [0.3, 0.4) is 0 Å². The maximum absolute atomic E-state index is 14.0. The summed E-state index contributed by atoms with van der Waals surface area (Å²) >= 11 is 6.76. The van der Waals surface area contributed by atoms with Crippen LogP contribution in [0.4, 0.5) is 4.39 Å². The fourth-order valence-electron chi connectivity index (χ4n) is 2.01. The molecule has 2 rings (SSSR count). The molecule has 0 fully saturated rings. The molecule has 20 heavy (non-hydrogen) atoms. The quantitative estimate of drug-likeness (QED) is 0.797. The maximum Gasteiger partial charge on any atom is 0.129 e. The number of hydrogen-bond donors (Lipinski definition) is 1. The van der Waals surface area contributed by atoms with Gasteiger partial charge in [0.05, 0.1) is 12.6 Å². The lowest BCUT2D eigenvalue weighted by atomic mass is 9.98. The number of rotatable bonds is 4. The SMILES string of the molecule is CCOc1ccc(Br)cc1C(N)c1c(F)cccc1Br. The second-order valence-corrected chi connectivity index (χ2v) is 6.00. The largest absolute Gasteiger partial charge is 0.494 e. The van der Waals surface area contributed by atoms with Crippen molar-refractivity contribution in [2.45, 2.75) is 13.0 Å². The van der Waals surface area contributed by atoms with E-state index in [9.17, 15) is 4.39 Å². The molecule has 0 aliphatic carbocycles. The van der Waals surface area contributed by atoms with E-state index in [1.807, 2.05) is 25.1 Å². The van der Waals surface area contributed by atoms with Gasteiger partial charge in [-0.2, -0.15) is 0 Å². The van der Waals surface area contributed by atoms with Gasteiger partial charge in [-0.25, -0.2) is 4.39 Å². The van der Waals surface area contributed by atoms with E-state index in [0.717, 1.165) is 10.0 Å². The number of ether oxygens (including phenoxy) is 1. The Morgan fingerprint density at radius 2 is 2.00 bits per heavy atom. The number of hydrogen-bond acceptors (Lipinski definition) is 2. The highest BCUT2D eigenvalue weighted by Gasteiger charge is 2.20. The van der Waals surface area contributed by atoms with Crippen molar-refractivity contribution in [1.82, 2.24) is 0 Å². The fourth-order valence-corrected chi connectivity index (χ4v) is 2.98. The molecule has 0 radical (unpaired) electrons. The summed E-state index contributed by atoms with van der Waals surface area (Å²) in [6.45, 7) is 2.43. The van der Waals surface area contributed by atoms with Crippen molar-refractivity contribution in [3.63, 3.8) is 0 Å². The Balaban J connectivity index is 2.52. The topological polar surface area (TPSA) is 35.2 Å². The Kier molecular flexibility index (Phi) is 5.18. The van der Waals surface area contributed by atoms with Gasteiger partial charge in [0.1, 0.15) is 11.6 Å². The summed E-state index contributed by atoms with van der Waals surface area (Å²) in [7, 11) is 0. The number of halogens is 3. The van der Waals surface area contributed by atoms with E-state index in [1.54, 1.807) is 12.1 Å². The molecule has 0 saturated carbocycles. The first-order valence-electron chi connectivity index (χ1n) is 6.16. The van der Waals surface area contributed by atoms with Gasteiger partial charge >= 0.3 is 0 Å². The first-order valence-corrected chi connectivity index (χ1v) is 7.75. The molecular weight excluding hydrogens is 389 g/mol. The van der Waals surface area contributed by atoms with Crippen LogP contribution in [0.5, 0.6) is 5.75 Å². The third kappa shape index (κ3) is 3.22. The maximum atomic E-state index is 14.0. The van der Waals surface area contributed by atoms with Crippen molar-refractivity contribution in [2.24, 2.45) is 5.73 Å². The van der Waals surface area contributed by atoms with Crippen LogP contribution in [-0.2, 0) is 0 Å². The summed E-state index contributed by atoms with van der Waals surface area (Å²) in [5.74, 6) is 0.327. The van der Waals surface area contributed by atoms with E-state index in [1.165, 1.54) is 6.07 Å². The summed E-state index contributed by atoms with van der Waals surface area (Å²) < 4.78 is 21.1. The Bertz CT molecular complexity index is 599. The van der Waals surface area contributed by atoms with Crippen LogP contribution in [0.2, 0.25) is 0 Å². The monoisotopic (exact) mass is 401 g/mol. The zero-order valence-electron chi connectivity index (χ0n) is 10.9. The Morgan fingerprint density at radius 1 is 1.25 bits per heavy atom. The summed E-state index contributed by atoms with van der Waals surface area (Å²) in [5.41, 5.74) is 7.41. The molecular formula is C15H14Br2FNO. The van der Waals surface area contributed by atoms with Gasteiger partial charge in [-0.3, -0.25) is 0 Å². The Hall–Kier alpha value is -0.910. The van der Waals surface area contributed by atoms with Crippen LogP contribution in [0, 0.1) is 5.82 Å². The van der Waals surface area contributed by atoms with Crippen molar-refractivity contribution < 1.29 is 9.13 Å². The Morgan fingerprint density at radius 3 is 2.65 bits per heavy atom. The van der Waals surface area contributed by atoms with Crippen molar-refractivity contribution in [3.8, 4) is 5.75 Å². The molecule has 0 aromatic heterocycles. The lowest BCUT2D eigenvalue weighted by molar-refractivity contribution is 0.335. The molecule has 0 heterocycles. The molecule has 0 spiro atoms. The minimum absolute atomic E-state index is 0.339. The van der Waals surface area contributed by atoms with Crippen LogP contribution >= 0.6 is 31.9 Å². The molecule has 2 nitrogen and oxygen atoms in total. The van der Waals surface area contributed by atoms with E-state index >= 15 is 0 Å². The van der Waals surface area contributed by atoms with Crippen LogP contribution in [-0.4, -0.2) is 6.61 Å². The van der Waals surface area contributed by atoms with Crippen LogP contribution < -0.4 is 10.5 Å². The molecule has 0 saturated heterocycles. The van der Waals surface area contributed by atoms with Crippen LogP contribution in [0.15, 0.2) is 45.3 Å². The molecule has 2 aromatic rings. The first kappa shape index (κ1) is 15.5. The van der Waals surface area contributed by atoms with Gasteiger partial charge in [0.25, 0.3) is 0 Å². The lowest BCUT2D eigenvalue weighted by Gasteiger charge is -2.19. The molecule has 5 heteroatoms. The van der Waals surface area contributed by atoms with Gasteiger partial charge in [0.15, 0.2) is 0 Å². The summed E-state index contributed by atoms with van der Waals surface area (Å²) in [6, 6.07) is 9.77. The third-order valence-corrected chi connectivity index (χ3v) is 4.10. The van der Waals surface area contributed by atoms with Gasteiger partial charge in [-0.05, 0) is 37.3 Å². The smallest absolute Gasteiger partial charge is 0.129 e. The standard InChI is InChI=1S/C15H14Br2FNO/c1-2-20-13-7-6-9(16)8-10(13)15(19)14-11(17)4-3-5-12(14)18/h3-8,15H,2,19H2,1H3. The van der Waals surface area contributed by atoms with E-state index in [0.29, 0.717) is 22.4 Å². The lowest BCUT2D eigenvalue weighted by Crippen LogP contribution is -2.16. The molecule has 0 amide bonds. The van der Waals surface area contributed by atoms with E-state index in [-0.39, 0.29) is 5.82 Å². The average molecular weight is 403 g/mol. The average Bonchev–Trinajstić information content (AvgIpc) is 2.40. The number of nitrogens with two attached hydrogens (primary N) is 1. The molecule has 0 aliphatic heterocycles. The van der Waals surface area contributed by atoms with Gasteiger partial charge < -0.3 is 10.5 Å². The Labute approximate surface area is 134 Å². The predicted octanol–water partition coefficient (Wildman–Crippen LogP) is 4.80. The second kappa shape index (κ2) is 6.70. The minimum atomic E-state index is -0.607. The molecule has 106 valence electrons. The zero-order valence-corrected chi connectivity index (χ0v) is 14.0. The predicted molar refractivity (Wildman–Crippen MR) is 85.4 cm³/mol.